The van der Waals surface area contributed by atoms with Crippen molar-refractivity contribution in [3.05, 3.63) is 30.3 Å². The van der Waals surface area contributed by atoms with Crippen molar-refractivity contribution in [3.63, 3.8) is 0 Å². The van der Waals surface area contributed by atoms with Gasteiger partial charge in [0, 0.05) is 63.9 Å². The number of piperazine rings is 1. The molecule has 3 aliphatic rings. The number of carbonyl (C=O) groups excluding carboxylic acids is 2. The van der Waals surface area contributed by atoms with Crippen LogP contribution < -0.4 is 4.74 Å². The molecule has 32 heavy (non-hydrogen) atoms. The van der Waals surface area contributed by atoms with E-state index in [9.17, 15) is 9.59 Å². The maximum atomic E-state index is 13.3. The molecule has 0 bridgehead atoms. The third-order valence-electron chi connectivity index (χ3n) is 7.37. The van der Waals surface area contributed by atoms with Crippen molar-refractivity contribution in [2.24, 2.45) is 11.8 Å². The monoisotopic (exact) mass is 442 g/mol. The molecule has 3 saturated heterocycles. The molecule has 3 heterocycles. The fraction of sp³-hybridized carbons (Fsp3) is 0.680. The highest BCUT2D eigenvalue weighted by Gasteiger charge is 2.37. The molecule has 0 aliphatic carbocycles. The second-order valence-electron chi connectivity index (χ2n) is 9.77. The molecule has 176 valence electrons. The molecule has 0 saturated carbocycles. The lowest BCUT2D eigenvalue weighted by molar-refractivity contribution is -0.143. The Bertz CT molecular complexity index is 758. The quantitative estimate of drug-likeness (QED) is 0.696. The molecule has 0 unspecified atom stereocenters. The van der Waals surface area contributed by atoms with Crippen LogP contribution in [0.5, 0.6) is 5.75 Å². The van der Waals surface area contributed by atoms with Crippen molar-refractivity contribution in [2.75, 3.05) is 66.5 Å². The van der Waals surface area contributed by atoms with Crippen LogP contribution >= 0.6 is 0 Å². The Morgan fingerprint density at radius 3 is 2.19 bits per heavy atom. The summed E-state index contributed by atoms with van der Waals surface area (Å²) in [6, 6.07) is 9.85. The minimum absolute atomic E-state index is 0.0197. The predicted molar refractivity (Wildman–Crippen MR) is 124 cm³/mol. The summed E-state index contributed by atoms with van der Waals surface area (Å²) >= 11 is 0. The van der Waals surface area contributed by atoms with Gasteiger partial charge in [-0.2, -0.15) is 0 Å². The third kappa shape index (κ3) is 5.81. The highest BCUT2D eigenvalue weighted by Crippen LogP contribution is 2.29. The molecule has 2 amide bonds. The van der Waals surface area contributed by atoms with E-state index in [2.05, 4.69) is 23.9 Å². The van der Waals surface area contributed by atoms with Crippen molar-refractivity contribution in [3.8, 4) is 5.75 Å². The number of ether oxygens (including phenoxy) is 1. The molecule has 7 heteroatoms. The average Bonchev–Trinajstić information content (AvgIpc) is 2.81. The van der Waals surface area contributed by atoms with Gasteiger partial charge in [-0.3, -0.25) is 9.59 Å². The zero-order chi connectivity index (χ0) is 22.5. The summed E-state index contributed by atoms with van der Waals surface area (Å²) in [6.45, 7) is 6.69. The summed E-state index contributed by atoms with van der Waals surface area (Å²) in [7, 11) is 4.21. The lowest BCUT2D eigenvalue weighted by Crippen LogP contribution is -2.53. The fourth-order valence-corrected chi connectivity index (χ4v) is 5.16. The van der Waals surface area contributed by atoms with Gasteiger partial charge >= 0.3 is 0 Å². The first kappa shape index (κ1) is 23.1. The largest absolute Gasteiger partial charge is 0.490 e. The van der Waals surface area contributed by atoms with E-state index in [-0.39, 0.29) is 29.8 Å². The molecule has 0 radical (unpaired) electrons. The van der Waals surface area contributed by atoms with Crippen LogP contribution in [0, 0.1) is 11.8 Å². The van der Waals surface area contributed by atoms with Gasteiger partial charge in [0.1, 0.15) is 11.9 Å². The highest BCUT2D eigenvalue weighted by atomic mass is 16.5. The van der Waals surface area contributed by atoms with E-state index in [0.717, 1.165) is 64.3 Å². The first-order valence-electron chi connectivity index (χ1n) is 12.1. The molecule has 1 aromatic carbocycles. The maximum absolute atomic E-state index is 13.3. The van der Waals surface area contributed by atoms with E-state index < -0.39 is 0 Å². The van der Waals surface area contributed by atoms with Crippen molar-refractivity contribution in [1.29, 1.82) is 0 Å². The molecule has 3 fully saturated rings. The molecule has 7 nitrogen and oxygen atoms in total. The Morgan fingerprint density at radius 1 is 0.844 bits per heavy atom. The second-order valence-corrected chi connectivity index (χ2v) is 9.77. The summed E-state index contributed by atoms with van der Waals surface area (Å²) in [5.41, 5.74) is 0. The number of carbonyl (C=O) groups is 2. The number of para-hydroxylation sites is 1. The van der Waals surface area contributed by atoms with Crippen molar-refractivity contribution in [1.82, 2.24) is 19.6 Å². The lowest BCUT2D eigenvalue weighted by Gasteiger charge is -2.41. The van der Waals surface area contributed by atoms with Gasteiger partial charge in [0.2, 0.25) is 11.8 Å². The normalized spacial score (nSPS) is 26.2. The fourth-order valence-electron chi connectivity index (χ4n) is 5.16. The van der Waals surface area contributed by atoms with Crippen LogP contribution in [-0.2, 0) is 9.59 Å². The van der Waals surface area contributed by atoms with E-state index in [0.29, 0.717) is 19.5 Å². The molecule has 2 atom stereocenters. The number of hydrogen-bond donors (Lipinski definition) is 0. The van der Waals surface area contributed by atoms with E-state index in [4.69, 9.17) is 4.74 Å². The Balaban J connectivity index is 1.42. The maximum Gasteiger partial charge on any atom is 0.225 e. The minimum atomic E-state index is -0.0460. The Kier molecular flexibility index (Phi) is 7.68. The Labute approximate surface area is 192 Å². The summed E-state index contributed by atoms with van der Waals surface area (Å²) in [5, 5.41) is 0. The predicted octanol–water partition coefficient (Wildman–Crippen LogP) is 1.79. The van der Waals surface area contributed by atoms with E-state index in [1.165, 1.54) is 0 Å². The summed E-state index contributed by atoms with van der Waals surface area (Å²) in [6.07, 6.45) is 3.03. The number of rotatable bonds is 5. The molecular formula is C25H38N4O3. The van der Waals surface area contributed by atoms with Crippen LogP contribution in [0.2, 0.25) is 0 Å². The number of hydrogen-bond acceptors (Lipinski definition) is 5. The van der Waals surface area contributed by atoms with Crippen molar-refractivity contribution >= 4 is 11.8 Å². The average molecular weight is 443 g/mol. The lowest BCUT2D eigenvalue weighted by atomic mass is 9.88. The van der Waals surface area contributed by atoms with Gasteiger partial charge in [-0.25, -0.2) is 0 Å². The van der Waals surface area contributed by atoms with Gasteiger partial charge in [-0.15, -0.1) is 0 Å². The Morgan fingerprint density at radius 2 is 1.50 bits per heavy atom. The summed E-state index contributed by atoms with van der Waals surface area (Å²) < 4.78 is 6.34. The highest BCUT2D eigenvalue weighted by molar-refractivity contribution is 5.80. The van der Waals surface area contributed by atoms with E-state index in [1.54, 1.807) is 0 Å². The molecule has 3 aliphatic heterocycles. The molecular weight excluding hydrogens is 404 g/mol. The summed E-state index contributed by atoms with van der Waals surface area (Å²) in [4.78, 5) is 34.9. The molecule has 1 aromatic rings. The number of likely N-dealkylation sites (N-methyl/N-ethyl adjacent to an activating group) is 1. The molecule has 4 rings (SSSR count). The van der Waals surface area contributed by atoms with Gasteiger partial charge in [-0.1, -0.05) is 18.2 Å². The molecule has 0 aromatic heterocycles. The minimum Gasteiger partial charge on any atom is -0.490 e. The molecule has 0 N–H and O–H groups in total. The van der Waals surface area contributed by atoms with Crippen LogP contribution in [0.15, 0.2) is 30.3 Å². The standard InChI is InChI=1S/C25H38N4O3/c1-26-11-8-20(9-12-26)25(31)29-13-10-23(32-22-6-4-3-5-7-22)21(19-29)18-24(30)28-16-14-27(2)15-17-28/h3-7,20-21,23H,8-19H2,1-2H3/t21-,23-/m0/s1. The smallest absolute Gasteiger partial charge is 0.225 e. The van der Waals surface area contributed by atoms with Crippen LogP contribution in [0.1, 0.15) is 25.7 Å². The number of piperidine rings is 2. The van der Waals surface area contributed by atoms with Gasteiger partial charge in [0.05, 0.1) is 0 Å². The number of benzene rings is 1. The number of nitrogens with zero attached hydrogens (tertiary/aromatic N) is 4. The number of likely N-dealkylation sites (tertiary alicyclic amines) is 2. The Hall–Kier alpha value is -2.12. The van der Waals surface area contributed by atoms with Crippen LogP contribution in [0.4, 0.5) is 0 Å². The van der Waals surface area contributed by atoms with Gasteiger partial charge in [0.25, 0.3) is 0 Å². The molecule has 0 spiro atoms. The number of amides is 2. The van der Waals surface area contributed by atoms with Gasteiger partial charge in [0.15, 0.2) is 0 Å². The van der Waals surface area contributed by atoms with Crippen molar-refractivity contribution < 1.29 is 14.3 Å². The first-order valence-corrected chi connectivity index (χ1v) is 12.1. The van der Waals surface area contributed by atoms with E-state index >= 15 is 0 Å². The first-order chi connectivity index (χ1) is 15.5. The zero-order valence-electron chi connectivity index (χ0n) is 19.6. The van der Waals surface area contributed by atoms with Crippen molar-refractivity contribution in [2.45, 2.75) is 31.8 Å². The van der Waals surface area contributed by atoms with Gasteiger partial charge < -0.3 is 24.3 Å². The summed E-state index contributed by atoms with van der Waals surface area (Å²) in [5.74, 6) is 1.44. The topological polar surface area (TPSA) is 56.3 Å². The zero-order valence-corrected chi connectivity index (χ0v) is 19.6. The SMILES string of the molecule is CN1CCC(C(=O)N2CC[C@H](Oc3ccccc3)[C@@H](CC(=O)N3CCN(C)CC3)C2)CC1. The second kappa shape index (κ2) is 10.7. The van der Waals surface area contributed by atoms with Crippen LogP contribution in [-0.4, -0.2) is 104 Å². The van der Waals surface area contributed by atoms with Crippen LogP contribution in [0.25, 0.3) is 0 Å². The third-order valence-corrected chi connectivity index (χ3v) is 7.37. The van der Waals surface area contributed by atoms with Gasteiger partial charge in [-0.05, 0) is 52.2 Å². The van der Waals surface area contributed by atoms with E-state index in [1.807, 2.05) is 40.1 Å². The van der Waals surface area contributed by atoms with Crippen LogP contribution in [0.3, 0.4) is 0 Å².